The summed E-state index contributed by atoms with van der Waals surface area (Å²) < 4.78 is 52.2. The highest BCUT2D eigenvalue weighted by Crippen LogP contribution is 2.38. The molecule has 4 aromatic carbocycles. The number of amides is 1. The summed E-state index contributed by atoms with van der Waals surface area (Å²) in [5.41, 5.74) is -1.16. The highest BCUT2D eigenvalue weighted by atomic mass is 35.5. The molecular formula is C28H17ClF3NO4. The lowest BCUT2D eigenvalue weighted by Crippen LogP contribution is -2.20. The van der Waals surface area contributed by atoms with Gasteiger partial charge in [-0.3, -0.25) is 9.59 Å². The molecular weight excluding hydrogens is 507 g/mol. The van der Waals surface area contributed by atoms with Crippen molar-refractivity contribution in [3.05, 3.63) is 106 Å². The SMILES string of the molecule is O=C(COc1ccc2c(=O)c(-c3ccc(Cl)cc3)c(C(F)(F)F)oc2c1)Nc1cccc2ccccc12. The van der Waals surface area contributed by atoms with Crippen molar-refractivity contribution in [2.24, 2.45) is 0 Å². The van der Waals surface area contributed by atoms with E-state index < -0.39 is 35.4 Å². The maximum Gasteiger partial charge on any atom is 0.450 e. The van der Waals surface area contributed by atoms with Gasteiger partial charge in [0.1, 0.15) is 11.3 Å². The van der Waals surface area contributed by atoms with Crippen molar-refractivity contribution >= 4 is 44.9 Å². The van der Waals surface area contributed by atoms with Gasteiger partial charge in [0.2, 0.25) is 11.2 Å². The average Bonchev–Trinajstić information content (AvgIpc) is 2.88. The van der Waals surface area contributed by atoms with Gasteiger partial charge in [-0.05, 0) is 41.3 Å². The van der Waals surface area contributed by atoms with E-state index in [1.165, 1.54) is 36.4 Å². The third kappa shape index (κ3) is 5.01. The van der Waals surface area contributed by atoms with E-state index in [9.17, 15) is 22.8 Å². The Kier molecular flexibility index (Phi) is 6.35. The number of hydrogen-bond donors (Lipinski definition) is 1. The highest BCUT2D eigenvalue weighted by Gasteiger charge is 2.39. The zero-order valence-corrected chi connectivity index (χ0v) is 19.7. The number of carbonyl (C=O) groups excluding carboxylic acids is 1. The van der Waals surface area contributed by atoms with Crippen LogP contribution in [0, 0.1) is 0 Å². The predicted octanol–water partition coefficient (Wildman–Crippen LogP) is 7.30. The first kappa shape index (κ1) is 24.4. The fourth-order valence-electron chi connectivity index (χ4n) is 4.01. The summed E-state index contributed by atoms with van der Waals surface area (Å²) in [4.78, 5) is 25.6. The van der Waals surface area contributed by atoms with Crippen LogP contribution in [0.25, 0.3) is 32.9 Å². The molecule has 0 saturated carbocycles. The molecule has 1 amide bonds. The molecule has 37 heavy (non-hydrogen) atoms. The van der Waals surface area contributed by atoms with Gasteiger partial charge in [0.15, 0.2) is 6.61 Å². The molecule has 5 rings (SSSR count). The van der Waals surface area contributed by atoms with Gasteiger partial charge in [-0.1, -0.05) is 60.1 Å². The topological polar surface area (TPSA) is 68.5 Å². The molecule has 0 atom stereocenters. The van der Waals surface area contributed by atoms with Crippen molar-refractivity contribution in [3.63, 3.8) is 0 Å². The van der Waals surface area contributed by atoms with Crippen molar-refractivity contribution in [3.8, 4) is 16.9 Å². The molecule has 0 aliphatic heterocycles. The number of ether oxygens (including phenoxy) is 1. The Balaban J connectivity index is 1.43. The third-order valence-corrected chi connectivity index (χ3v) is 5.94. The van der Waals surface area contributed by atoms with Gasteiger partial charge in [0.05, 0.1) is 10.9 Å². The lowest BCUT2D eigenvalue weighted by molar-refractivity contribution is -0.152. The number of rotatable bonds is 5. The Morgan fingerprint density at radius 1 is 0.919 bits per heavy atom. The molecule has 0 fully saturated rings. The predicted molar refractivity (Wildman–Crippen MR) is 136 cm³/mol. The summed E-state index contributed by atoms with van der Waals surface area (Å²) in [6.45, 7) is -0.409. The van der Waals surface area contributed by atoms with E-state index in [1.807, 2.05) is 30.3 Å². The van der Waals surface area contributed by atoms with Crippen LogP contribution in [0.1, 0.15) is 5.76 Å². The molecule has 5 aromatic rings. The zero-order chi connectivity index (χ0) is 26.2. The van der Waals surface area contributed by atoms with E-state index in [-0.39, 0.29) is 22.3 Å². The fraction of sp³-hybridized carbons (Fsp3) is 0.0714. The first-order chi connectivity index (χ1) is 17.7. The van der Waals surface area contributed by atoms with Gasteiger partial charge in [-0.2, -0.15) is 13.2 Å². The van der Waals surface area contributed by atoms with Crippen LogP contribution < -0.4 is 15.5 Å². The summed E-state index contributed by atoms with van der Waals surface area (Å²) in [5.74, 6) is -1.83. The molecule has 0 spiro atoms. The summed E-state index contributed by atoms with van der Waals surface area (Å²) in [7, 11) is 0. The maximum atomic E-state index is 13.9. The van der Waals surface area contributed by atoms with Crippen LogP contribution in [-0.2, 0) is 11.0 Å². The Bertz CT molecular complexity index is 1690. The van der Waals surface area contributed by atoms with Crippen LogP contribution in [0.2, 0.25) is 5.02 Å². The number of anilines is 1. The maximum absolute atomic E-state index is 13.9. The van der Waals surface area contributed by atoms with E-state index in [2.05, 4.69) is 5.32 Å². The number of hydrogen-bond acceptors (Lipinski definition) is 4. The number of carbonyl (C=O) groups is 1. The monoisotopic (exact) mass is 523 g/mol. The molecule has 1 aromatic heterocycles. The smallest absolute Gasteiger partial charge is 0.450 e. The van der Waals surface area contributed by atoms with Gasteiger partial charge in [0, 0.05) is 22.2 Å². The van der Waals surface area contributed by atoms with E-state index in [4.69, 9.17) is 20.8 Å². The third-order valence-electron chi connectivity index (χ3n) is 5.69. The second kappa shape index (κ2) is 9.63. The second-order valence-electron chi connectivity index (χ2n) is 8.16. The summed E-state index contributed by atoms with van der Waals surface area (Å²) >= 11 is 5.84. The summed E-state index contributed by atoms with van der Waals surface area (Å²) in [6, 6.07) is 22.3. The average molecular weight is 524 g/mol. The van der Waals surface area contributed by atoms with Crippen molar-refractivity contribution in [1.29, 1.82) is 0 Å². The first-order valence-electron chi connectivity index (χ1n) is 11.0. The van der Waals surface area contributed by atoms with E-state index >= 15 is 0 Å². The van der Waals surface area contributed by atoms with Gasteiger partial charge in [-0.15, -0.1) is 0 Å². The van der Waals surface area contributed by atoms with Gasteiger partial charge in [-0.25, -0.2) is 0 Å². The summed E-state index contributed by atoms with van der Waals surface area (Å²) in [5, 5.41) is 4.81. The standard InChI is InChI=1S/C28H17ClF3NO4/c29-18-10-8-17(9-11-18)25-26(35)21-13-12-19(14-23(21)37-27(25)28(30,31)32)36-15-24(34)33-22-7-3-5-16-4-1-2-6-20(16)22/h1-14H,15H2,(H,33,34). The molecule has 5 nitrogen and oxygen atoms in total. The largest absolute Gasteiger partial charge is 0.484 e. The zero-order valence-electron chi connectivity index (χ0n) is 18.9. The lowest BCUT2D eigenvalue weighted by Gasteiger charge is -2.14. The summed E-state index contributed by atoms with van der Waals surface area (Å²) in [6.07, 6.45) is -4.93. The molecule has 0 bridgehead atoms. The Morgan fingerprint density at radius 3 is 2.41 bits per heavy atom. The second-order valence-corrected chi connectivity index (χ2v) is 8.60. The van der Waals surface area contributed by atoms with Crippen molar-refractivity contribution in [1.82, 2.24) is 0 Å². The van der Waals surface area contributed by atoms with Crippen LogP contribution in [-0.4, -0.2) is 12.5 Å². The van der Waals surface area contributed by atoms with Crippen LogP contribution in [0.15, 0.2) is 94.1 Å². The Morgan fingerprint density at radius 2 is 1.65 bits per heavy atom. The number of benzene rings is 4. The molecule has 0 aliphatic carbocycles. The van der Waals surface area contributed by atoms with Crippen LogP contribution in [0.5, 0.6) is 5.75 Å². The van der Waals surface area contributed by atoms with Gasteiger partial charge in [0.25, 0.3) is 5.91 Å². The molecule has 1 heterocycles. The number of alkyl halides is 3. The molecule has 186 valence electrons. The molecule has 1 N–H and O–H groups in total. The van der Waals surface area contributed by atoms with Crippen LogP contribution in [0.4, 0.5) is 18.9 Å². The van der Waals surface area contributed by atoms with E-state index in [0.29, 0.717) is 10.7 Å². The molecule has 0 saturated heterocycles. The molecule has 0 unspecified atom stereocenters. The van der Waals surface area contributed by atoms with Gasteiger partial charge >= 0.3 is 6.18 Å². The normalized spacial score (nSPS) is 11.6. The first-order valence-corrected chi connectivity index (χ1v) is 11.4. The van der Waals surface area contributed by atoms with Crippen molar-refractivity contribution < 1.29 is 27.1 Å². The number of fused-ring (bicyclic) bond motifs is 2. The number of halogens is 4. The number of nitrogens with one attached hydrogen (secondary N) is 1. The minimum absolute atomic E-state index is 0.0257. The van der Waals surface area contributed by atoms with Crippen molar-refractivity contribution in [2.75, 3.05) is 11.9 Å². The lowest BCUT2D eigenvalue weighted by atomic mass is 10.0. The van der Waals surface area contributed by atoms with Crippen LogP contribution in [0.3, 0.4) is 0 Å². The van der Waals surface area contributed by atoms with E-state index in [0.717, 1.165) is 16.8 Å². The highest BCUT2D eigenvalue weighted by molar-refractivity contribution is 6.30. The minimum Gasteiger partial charge on any atom is -0.484 e. The molecule has 0 aliphatic rings. The van der Waals surface area contributed by atoms with Crippen molar-refractivity contribution in [2.45, 2.75) is 6.18 Å². The Hall–Kier alpha value is -4.30. The minimum atomic E-state index is -4.93. The fourth-order valence-corrected chi connectivity index (χ4v) is 4.14. The Labute approximate surface area is 213 Å². The van der Waals surface area contributed by atoms with E-state index in [1.54, 1.807) is 12.1 Å². The van der Waals surface area contributed by atoms with Crippen LogP contribution >= 0.6 is 11.6 Å². The molecule has 0 radical (unpaired) electrons. The quantitative estimate of drug-likeness (QED) is 0.262. The van der Waals surface area contributed by atoms with Gasteiger partial charge < -0.3 is 14.5 Å². The molecule has 9 heteroatoms.